The number of amides is 1. The van der Waals surface area contributed by atoms with Gasteiger partial charge in [-0.1, -0.05) is 12.8 Å². The van der Waals surface area contributed by atoms with E-state index in [0.717, 1.165) is 37.8 Å². The fraction of sp³-hybridized carbons (Fsp3) is 0.611. The minimum absolute atomic E-state index is 0.222. The number of hydrogen-bond donors (Lipinski definition) is 2. The highest BCUT2D eigenvalue weighted by molar-refractivity contribution is 5.67. The highest BCUT2D eigenvalue weighted by atomic mass is 19.1. The number of alkyl carbamates (subject to hydrolysis) is 1. The predicted molar refractivity (Wildman–Crippen MR) is 88.6 cm³/mol. The standard InChI is InChI=1S/C18H26F2N2O2/c1-17(2,3)24-16(23)21-12-18(8-4-5-9-18)22-11-13-10-14(19)6-7-15(13)20/h6-7,10,22H,4-5,8-9,11-12H2,1-3H3,(H,21,23). The highest BCUT2D eigenvalue weighted by Crippen LogP contribution is 2.29. The second kappa shape index (κ2) is 7.47. The summed E-state index contributed by atoms with van der Waals surface area (Å²) in [5.74, 6) is -0.891. The second-order valence-electron chi connectivity index (χ2n) is 7.43. The molecule has 1 aromatic rings. The largest absolute Gasteiger partial charge is 0.444 e. The number of carbonyl (C=O) groups excluding carboxylic acids is 1. The van der Waals surface area contributed by atoms with E-state index in [2.05, 4.69) is 10.6 Å². The maximum Gasteiger partial charge on any atom is 0.407 e. The molecule has 1 saturated carbocycles. The molecule has 2 N–H and O–H groups in total. The molecule has 0 radical (unpaired) electrons. The van der Waals surface area contributed by atoms with Gasteiger partial charge >= 0.3 is 6.09 Å². The maximum absolute atomic E-state index is 13.8. The van der Waals surface area contributed by atoms with Crippen molar-refractivity contribution < 1.29 is 18.3 Å². The molecule has 0 saturated heterocycles. The summed E-state index contributed by atoms with van der Waals surface area (Å²) in [5, 5.41) is 6.11. The Bertz CT molecular complexity index is 579. The van der Waals surface area contributed by atoms with E-state index in [4.69, 9.17) is 4.74 Å². The number of rotatable bonds is 5. The number of carbonyl (C=O) groups is 1. The van der Waals surface area contributed by atoms with Gasteiger partial charge in [-0.15, -0.1) is 0 Å². The lowest BCUT2D eigenvalue weighted by Gasteiger charge is -2.31. The van der Waals surface area contributed by atoms with Crippen molar-refractivity contribution in [3.05, 3.63) is 35.4 Å². The Morgan fingerprint density at radius 1 is 1.25 bits per heavy atom. The quantitative estimate of drug-likeness (QED) is 0.855. The van der Waals surface area contributed by atoms with E-state index in [9.17, 15) is 13.6 Å². The number of halogens is 2. The van der Waals surface area contributed by atoms with E-state index in [1.807, 2.05) is 20.8 Å². The van der Waals surface area contributed by atoms with E-state index in [0.29, 0.717) is 12.1 Å². The van der Waals surface area contributed by atoms with Gasteiger partial charge < -0.3 is 15.4 Å². The smallest absolute Gasteiger partial charge is 0.407 e. The number of ether oxygens (including phenoxy) is 1. The van der Waals surface area contributed by atoms with Gasteiger partial charge in [0.15, 0.2) is 0 Å². The van der Waals surface area contributed by atoms with Crippen molar-refractivity contribution in [2.45, 2.75) is 64.1 Å². The average Bonchev–Trinajstić information content (AvgIpc) is 2.94. The van der Waals surface area contributed by atoms with Crippen LogP contribution in [0.15, 0.2) is 18.2 Å². The Balaban J connectivity index is 1.95. The van der Waals surface area contributed by atoms with E-state index in [1.165, 1.54) is 6.07 Å². The molecule has 0 heterocycles. The van der Waals surface area contributed by atoms with Crippen LogP contribution in [0.5, 0.6) is 0 Å². The normalized spacial score (nSPS) is 16.9. The van der Waals surface area contributed by atoms with Crippen LogP contribution in [-0.2, 0) is 11.3 Å². The first kappa shape index (κ1) is 18.6. The monoisotopic (exact) mass is 340 g/mol. The lowest BCUT2D eigenvalue weighted by Crippen LogP contribution is -2.52. The lowest BCUT2D eigenvalue weighted by molar-refractivity contribution is 0.0509. The molecule has 1 aliphatic rings. The molecule has 0 spiro atoms. The van der Waals surface area contributed by atoms with Crippen molar-refractivity contribution in [3.8, 4) is 0 Å². The van der Waals surface area contributed by atoms with Crippen LogP contribution in [0.4, 0.5) is 13.6 Å². The summed E-state index contributed by atoms with van der Waals surface area (Å²) in [6.07, 6.45) is 3.36. The Labute approximate surface area is 142 Å². The summed E-state index contributed by atoms with van der Waals surface area (Å²) in [6, 6.07) is 3.44. The molecular formula is C18H26F2N2O2. The van der Waals surface area contributed by atoms with Gasteiger partial charge in [-0.3, -0.25) is 0 Å². The van der Waals surface area contributed by atoms with Crippen molar-refractivity contribution in [2.24, 2.45) is 0 Å². The summed E-state index contributed by atoms with van der Waals surface area (Å²) in [6.45, 7) is 6.05. The Kier molecular flexibility index (Phi) is 5.80. The first-order chi connectivity index (χ1) is 11.2. The minimum Gasteiger partial charge on any atom is -0.444 e. The van der Waals surface area contributed by atoms with Gasteiger partial charge in [-0.25, -0.2) is 13.6 Å². The van der Waals surface area contributed by atoms with Crippen LogP contribution < -0.4 is 10.6 Å². The molecule has 0 bridgehead atoms. The molecular weight excluding hydrogens is 314 g/mol. The third-order valence-corrected chi connectivity index (χ3v) is 4.19. The number of hydrogen-bond acceptors (Lipinski definition) is 3. The molecule has 24 heavy (non-hydrogen) atoms. The van der Waals surface area contributed by atoms with Crippen LogP contribution in [0.1, 0.15) is 52.0 Å². The molecule has 2 rings (SSSR count). The predicted octanol–water partition coefficient (Wildman–Crippen LogP) is 3.89. The van der Waals surface area contributed by atoms with Crippen LogP contribution in [0.25, 0.3) is 0 Å². The fourth-order valence-electron chi connectivity index (χ4n) is 2.98. The zero-order valence-corrected chi connectivity index (χ0v) is 14.5. The average molecular weight is 340 g/mol. The van der Waals surface area contributed by atoms with Gasteiger partial charge in [-0.05, 0) is 51.8 Å². The molecule has 134 valence electrons. The zero-order valence-electron chi connectivity index (χ0n) is 14.5. The van der Waals surface area contributed by atoms with E-state index < -0.39 is 23.3 Å². The molecule has 0 atom stereocenters. The molecule has 4 nitrogen and oxygen atoms in total. The Morgan fingerprint density at radius 2 is 1.92 bits per heavy atom. The van der Waals surface area contributed by atoms with Gasteiger partial charge in [0, 0.05) is 24.2 Å². The first-order valence-electron chi connectivity index (χ1n) is 8.35. The van der Waals surface area contributed by atoms with Crippen molar-refractivity contribution in [1.29, 1.82) is 0 Å². The van der Waals surface area contributed by atoms with Crippen LogP contribution in [0.2, 0.25) is 0 Å². The van der Waals surface area contributed by atoms with E-state index in [-0.39, 0.29) is 12.1 Å². The summed E-state index contributed by atoms with van der Waals surface area (Å²) >= 11 is 0. The van der Waals surface area contributed by atoms with Gasteiger partial charge in [0.2, 0.25) is 0 Å². The zero-order chi connectivity index (χ0) is 17.8. The van der Waals surface area contributed by atoms with Crippen molar-refractivity contribution in [1.82, 2.24) is 10.6 Å². The molecule has 0 unspecified atom stereocenters. The second-order valence-corrected chi connectivity index (χ2v) is 7.43. The topological polar surface area (TPSA) is 50.4 Å². The molecule has 1 fully saturated rings. The van der Waals surface area contributed by atoms with Crippen molar-refractivity contribution in [2.75, 3.05) is 6.54 Å². The first-order valence-corrected chi connectivity index (χ1v) is 8.35. The molecule has 0 aliphatic heterocycles. The molecule has 0 aromatic heterocycles. The van der Waals surface area contributed by atoms with Crippen molar-refractivity contribution >= 4 is 6.09 Å². The number of nitrogens with one attached hydrogen (secondary N) is 2. The lowest BCUT2D eigenvalue weighted by atomic mass is 9.97. The summed E-state index contributed by atoms with van der Waals surface area (Å²) in [5.41, 5.74) is -0.570. The maximum atomic E-state index is 13.8. The third-order valence-electron chi connectivity index (χ3n) is 4.19. The summed E-state index contributed by atoms with van der Waals surface area (Å²) in [4.78, 5) is 11.9. The highest BCUT2D eigenvalue weighted by Gasteiger charge is 2.34. The van der Waals surface area contributed by atoms with Crippen LogP contribution in [-0.4, -0.2) is 23.8 Å². The van der Waals surface area contributed by atoms with Crippen LogP contribution in [0, 0.1) is 11.6 Å². The van der Waals surface area contributed by atoms with Gasteiger partial charge in [0.05, 0.1) is 0 Å². The van der Waals surface area contributed by atoms with Gasteiger partial charge in [0.1, 0.15) is 17.2 Å². The number of benzene rings is 1. The molecule has 6 heteroatoms. The van der Waals surface area contributed by atoms with Crippen LogP contribution >= 0.6 is 0 Å². The summed E-state index contributed by atoms with van der Waals surface area (Å²) in [7, 11) is 0. The molecule has 1 aliphatic carbocycles. The SMILES string of the molecule is CC(C)(C)OC(=O)NCC1(NCc2cc(F)ccc2F)CCCC1. The molecule has 1 amide bonds. The van der Waals surface area contributed by atoms with Gasteiger partial charge in [-0.2, -0.15) is 0 Å². The third kappa shape index (κ3) is 5.44. The van der Waals surface area contributed by atoms with E-state index >= 15 is 0 Å². The fourth-order valence-corrected chi connectivity index (χ4v) is 2.98. The van der Waals surface area contributed by atoms with Crippen LogP contribution in [0.3, 0.4) is 0 Å². The minimum atomic E-state index is -0.551. The van der Waals surface area contributed by atoms with Gasteiger partial charge in [0.25, 0.3) is 0 Å². The summed E-state index contributed by atoms with van der Waals surface area (Å²) < 4.78 is 32.3. The Morgan fingerprint density at radius 3 is 2.54 bits per heavy atom. The van der Waals surface area contributed by atoms with Crippen molar-refractivity contribution in [3.63, 3.8) is 0 Å². The van der Waals surface area contributed by atoms with E-state index in [1.54, 1.807) is 0 Å². The molecule has 1 aromatic carbocycles. The Hall–Kier alpha value is -1.69.